The summed E-state index contributed by atoms with van der Waals surface area (Å²) in [4.78, 5) is 19.3. The number of halogens is 2. The SMILES string of the molecule is Cc1cc(Cl)c(CSc2ncccc2C(=O)O)c(Cl)n1. The van der Waals surface area contributed by atoms with Crippen molar-refractivity contribution in [1.82, 2.24) is 9.97 Å². The minimum absolute atomic E-state index is 0.157. The minimum Gasteiger partial charge on any atom is -0.478 e. The van der Waals surface area contributed by atoms with Gasteiger partial charge in [-0.15, -0.1) is 11.8 Å². The molecule has 1 N–H and O–H groups in total. The lowest BCUT2D eigenvalue weighted by atomic mass is 10.3. The Morgan fingerprint density at radius 3 is 2.85 bits per heavy atom. The molecule has 104 valence electrons. The molecule has 0 spiro atoms. The Balaban J connectivity index is 2.24. The van der Waals surface area contributed by atoms with Gasteiger partial charge in [0, 0.05) is 28.2 Å². The van der Waals surface area contributed by atoms with E-state index < -0.39 is 5.97 Å². The Kier molecular flexibility index (Phi) is 4.86. The molecule has 0 unspecified atom stereocenters. The van der Waals surface area contributed by atoms with Gasteiger partial charge in [0.15, 0.2) is 0 Å². The molecule has 0 aromatic carbocycles. The topological polar surface area (TPSA) is 63.1 Å². The van der Waals surface area contributed by atoms with Gasteiger partial charge in [-0.05, 0) is 25.1 Å². The van der Waals surface area contributed by atoms with Gasteiger partial charge in [0.05, 0.1) is 5.56 Å². The van der Waals surface area contributed by atoms with Crippen molar-refractivity contribution in [2.75, 3.05) is 0 Å². The van der Waals surface area contributed by atoms with Crippen molar-refractivity contribution in [3.8, 4) is 0 Å². The first-order valence-corrected chi connectivity index (χ1v) is 7.36. The summed E-state index contributed by atoms with van der Waals surface area (Å²) < 4.78 is 0. The fourth-order valence-electron chi connectivity index (χ4n) is 1.56. The highest BCUT2D eigenvalue weighted by atomic mass is 35.5. The summed E-state index contributed by atoms with van der Waals surface area (Å²) in [5.41, 5.74) is 1.56. The van der Waals surface area contributed by atoms with Crippen LogP contribution in [0.1, 0.15) is 21.6 Å². The van der Waals surface area contributed by atoms with Crippen molar-refractivity contribution < 1.29 is 9.90 Å². The van der Waals surface area contributed by atoms with E-state index in [2.05, 4.69) is 9.97 Å². The molecule has 7 heteroatoms. The Hall–Kier alpha value is -1.30. The number of aryl methyl sites for hydroxylation is 1. The van der Waals surface area contributed by atoms with E-state index in [-0.39, 0.29) is 5.56 Å². The van der Waals surface area contributed by atoms with Crippen LogP contribution >= 0.6 is 35.0 Å². The van der Waals surface area contributed by atoms with Crippen LogP contribution in [-0.4, -0.2) is 21.0 Å². The summed E-state index contributed by atoms with van der Waals surface area (Å²) >= 11 is 13.4. The number of thioether (sulfide) groups is 1. The lowest BCUT2D eigenvalue weighted by Crippen LogP contribution is -2.00. The molecule has 2 aromatic heterocycles. The molecule has 0 atom stereocenters. The zero-order valence-corrected chi connectivity index (χ0v) is 12.8. The Labute approximate surface area is 130 Å². The van der Waals surface area contributed by atoms with Gasteiger partial charge in [-0.25, -0.2) is 14.8 Å². The number of carboxylic acids is 1. The monoisotopic (exact) mass is 328 g/mol. The maximum absolute atomic E-state index is 11.1. The predicted octanol–water partition coefficient (Wildman–Crippen LogP) is 4.08. The van der Waals surface area contributed by atoms with Crippen molar-refractivity contribution in [3.63, 3.8) is 0 Å². The highest BCUT2D eigenvalue weighted by Gasteiger charge is 2.14. The third kappa shape index (κ3) is 3.42. The molecule has 0 saturated heterocycles. The van der Waals surface area contributed by atoms with Gasteiger partial charge in [0.2, 0.25) is 0 Å². The number of hydrogen-bond donors (Lipinski definition) is 1. The van der Waals surface area contributed by atoms with Crippen molar-refractivity contribution in [3.05, 3.63) is 51.4 Å². The molecule has 0 radical (unpaired) electrons. The molecule has 0 amide bonds. The van der Waals surface area contributed by atoms with Crippen molar-refractivity contribution in [1.29, 1.82) is 0 Å². The molecule has 0 fully saturated rings. The Morgan fingerprint density at radius 2 is 2.20 bits per heavy atom. The Bertz CT molecular complexity index is 642. The second-order valence-corrected chi connectivity index (χ2v) is 5.69. The number of pyridine rings is 2. The van der Waals surface area contributed by atoms with Crippen molar-refractivity contribution in [2.45, 2.75) is 17.7 Å². The fraction of sp³-hybridized carbons (Fsp3) is 0.154. The summed E-state index contributed by atoms with van der Waals surface area (Å²) in [6, 6.07) is 4.81. The van der Waals surface area contributed by atoms with Gasteiger partial charge >= 0.3 is 5.97 Å². The number of rotatable bonds is 4. The van der Waals surface area contributed by atoms with Crippen LogP contribution in [0.15, 0.2) is 29.4 Å². The van der Waals surface area contributed by atoms with Crippen LogP contribution in [0, 0.1) is 6.92 Å². The molecule has 2 aromatic rings. The van der Waals surface area contributed by atoms with Crippen LogP contribution in [0.5, 0.6) is 0 Å². The number of nitrogens with zero attached hydrogens (tertiary/aromatic N) is 2. The molecule has 0 aliphatic rings. The average Bonchev–Trinajstić information content (AvgIpc) is 2.37. The second-order valence-electron chi connectivity index (χ2n) is 3.96. The highest BCUT2D eigenvalue weighted by molar-refractivity contribution is 7.98. The zero-order chi connectivity index (χ0) is 14.7. The number of carboxylic acid groups (broad SMARTS) is 1. The van der Waals surface area contributed by atoms with Crippen LogP contribution in [0.2, 0.25) is 10.2 Å². The number of aromatic nitrogens is 2. The molecule has 0 saturated carbocycles. The summed E-state index contributed by atoms with van der Waals surface area (Å²) in [6.45, 7) is 1.80. The van der Waals surface area contributed by atoms with Crippen LogP contribution in [0.25, 0.3) is 0 Å². The summed E-state index contributed by atoms with van der Waals surface area (Å²) in [7, 11) is 0. The maximum atomic E-state index is 11.1. The first kappa shape index (κ1) is 15.1. The Morgan fingerprint density at radius 1 is 1.45 bits per heavy atom. The van der Waals surface area contributed by atoms with Crippen LogP contribution < -0.4 is 0 Å². The van der Waals surface area contributed by atoms with E-state index in [1.165, 1.54) is 17.8 Å². The van der Waals surface area contributed by atoms with E-state index in [4.69, 9.17) is 28.3 Å². The van der Waals surface area contributed by atoms with Gasteiger partial charge in [0.1, 0.15) is 10.2 Å². The number of hydrogen-bond acceptors (Lipinski definition) is 4. The van der Waals surface area contributed by atoms with Crippen molar-refractivity contribution in [2.24, 2.45) is 0 Å². The first-order valence-electron chi connectivity index (χ1n) is 5.61. The average molecular weight is 329 g/mol. The summed E-state index contributed by atoms with van der Waals surface area (Å²) in [5, 5.41) is 10.4. The number of carbonyl (C=O) groups is 1. The third-order valence-electron chi connectivity index (χ3n) is 2.50. The van der Waals surface area contributed by atoms with E-state index in [1.807, 2.05) is 0 Å². The van der Waals surface area contributed by atoms with Gasteiger partial charge < -0.3 is 5.11 Å². The largest absolute Gasteiger partial charge is 0.478 e. The molecular weight excluding hydrogens is 319 g/mol. The van der Waals surface area contributed by atoms with Gasteiger partial charge in [-0.1, -0.05) is 23.2 Å². The minimum atomic E-state index is -1.01. The third-order valence-corrected chi connectivity index (χ3v) is 4.18. The molecule has 0 bridgehead atoms. The lowest BCUT2D eigenvalue weighted by Gasteiger charge is -2.08. The van der Waals surface area contributed by atoms with Gasteiger partial charge in [-0.2, -0.15) is 0 Å². The van der Waals surface area contributed by atoms with E-state index in [1.54, 1.807) is 25.3 Å². The fourth-order valence-corrected chi connectivity index (χ4v) is 3.40. The zero-order valence-electron chi connectivity index (χ0n) is 10.4. The van der Waals surface area contributed by atoms with Gasteiger partial charge in [-0.3, -0.25) is 0 Å². The first-order chi connectivity index (χ1) is 9.49. The van der Waals surface area contributed by atoms with E-state index >= 15 is 0 Å². The smallest absolute Gasteiger partial charge is 0.338 e. The second kappa shape index (κ2) is 6.43. The quantitative estimate of drug-likeness (QED) is 0.676. The normalized spacial score (nSPS) is 10.6. The van der Waals surface area contributed by atoms with Crippen LogP contribution in [0.3, 0.4) is 0 Å². The summed E-state index contributed by atoms with van der Waals surface area (Å²) in [5.74, 6) is -0.609. The number of aromatic carboxylic acids is 1. The van der Waals surface area contributed by atoms with E-state index in [0.717, 1.165) is 5.69 Å². The van der Waals surface area contributed by atoms with Crippen molar-refractivity contribution >= 4 is 40.9 Å². The molecule has 0 aliphatic heterocycles. The predicted molar refractivity (Wildman–Crippen MR) is 79.8 cm³/mol. The van der Waals surface area contributed by atoms with E-state index in [9.17, 15) is 4.79 Å². The lowest BCUT2D eigenvalue weighted by molar-refractivity contribution is 0.0692. The van der Waals surface area contributed by atoms with Crippen LogP contribution in [-0.2, 0) is 5.75 Å². The summed E-state index contributed by atoms with van der Waals surface area (Å²) in [6.07, 6.45) is 1.55. The molecule has 0 aliphatic carbocycles. The maximum Gasteiger partial charge on any atom is 0.338 e. The highest BCUT2D eigenvalue weighted by Crippen LogP contribution is 2.31. The molecule has 4 nitrogen and oxygen atoms in total. The van der Waals surface area contributed by atoms with E-state index in [0.29, 0.717) is 26.5 Å². The molecule has 2 heterocycles. The van der Waals surface area contributed by atoms with Gasteiger partial charge in [0.25, 0.3) is 0 Å². The standard InChI is InChI=1S/C13H10Cl2N2O2S/c1-7-5-10(14)9(11(15)17-7)6-20-12-8(13(18)19)3-2-4-16-12/h2-5H,6H2,1H3,(H,18,19). The molecular formula is C13H10Cl2N2O2S. The molecule has 20 heavy (non-hydrogen) atoms. The molecule has 2 rings (SSSR count). The van der Waals surface area contributed by atoms with Crippen LogP contribution in [0.4, 0.5) is 0 Å².